The highest BCUT2D eigenvalue weighted by atomic mass is 32.1. The lowest BCUT2D eigenvalue weighted by molar-refractivity contribution is -0.142. The smallest absolute Gasteiger partial charge is 0.307 e. The molecule has 1 aliphatic rings. The fraction of sp³-hybridized carbons (Fsp3) is 0.167. The molecule has 0 fully saturated rings. The number of aromatic nitrogens is 1. The molecule has 1 aromatic heterocycles. The normalized spacial score (nSPS) is 16.1. The lowest BCUT2D eigenvalue weighted by atomic mass is 10.1. The number of nitrogens with zero attached hydrogens (tertiary/aromatic N) is 2. The molecule has 0 aliphatic carbocycles. The molecule has 2 heterocycles. The van der Waals surface area contributed by atoms with Crippen molar-refractivity contribution in [3.8, 4) is 5.75 Å². The molecule has 4 rings (SSSR count). The SMILES string of the molecule is O=C(O)CC1Oc2ccc(F)cc2N(Cc2nc3c(F)cc(F)c(F)c3s2)C1=O. The Morgan fingerprint density at radius 2 is 1.97 bits per heavy atom. The van der Waals surface area contributed by atoms with E-state index in [2.05, 4.69) is 4.98 Å². The van der Waals surface area contributed by atoms with E-state index in [9.17, 15) is 27.2 Å². The molecule has 2 aromatic carbocycles. The Bertz CT molecular complexity index is 1170. The molecule has 150 valence electrons. The number of hydrogen-bond acceptors (Lipinski definition) is 5. The first-order valence-electron chi connectivity index (χ1n) is 8.17. The monoisotopic (exact) mass is 426 g/mol. The number of carbonyl (C=O) groups excluding carboxylic acids is 1. The third-order valence-corrected chi connectivity index (χ3v) is 5.27. The van der Waals surface area contributed by atoms with Crippen LogP contribution >= 0.6 is 11.3 Å². The maximum Gasteiger partial charge on any atom is 0.307 e. The summed E-state index contributed by atoms with van der Waals surface area (Å²) in [5.74, 6) is -6.38. The van der Waals surface area contributed by atoms with Crippen LogP contribution in [0.25, 0.3) is 10.2 Å². The molecular weight excluding hydrogens is 416 g/mol. The number of rotatable bonds is 4. The number of amides is 1. The predicted molar refractivity (Wildman–Crippen MR) is 93.8 cm³/mol. The van der Waals surface area contributed by atoms with Crippen molar-refractivity contribution in [2.24, 2.45) is 0 Å². The van der Waals surface area contributed by atoms with Crippen molar-refractivity contribution in [1.82, 2.24) is 4.98 Å². The van der Waals surface area contributed by atoms with Crippen molar-refractivity contribution >= 4 is 39.1 Å². The third kappa shape index (κ3) is 3.37. The van der Waals surface area contributed by atoms with Crippen LogP contribution in [0.1, 0.15) is 11.4 Å². The van der Waals surface area contributed by atoms with Crippen LogP contribution in [-0.2, 0) is 16.1 Å². The Hall–Kier alpha value is -3.21. The molecule has 1 aliphatic heterocycles. The fourth-order valence-electron chi connectivity index (χ4n) is 2.98. The van der Waals surface area contributed by atoms with E-state index in [1.54, 1.807) is 0 Å². The maximum atomic E-state index is 14.0. The van der Waals surface area contributed by atoms with Gasteiger partial charge in [-0.1, -0.05) is 0 Å². The van der Waals surface area contributed by atoms with Crippen LogP contribution in [-0.4, -0.2) is 28.1 Å². The Labute approximate surface area is 164 Å². The fourth-order valence-corrected chi connectivity index (χ4v) is 3.97. The van der Waals surface area contributed by atoms with Crippen LogP contribution in [0, 0.1) is 23.3 Å². The van der Waals surface area contributed by atoms with E-state index >= 15 is 0 Å². The zero-order valence-electron chi connectivity index (χ0n) is 14.3. The van der Waals surface area contributed by atoms with Crippen molar-refractivity contribution < 1.29 is 37.0 Å². The average molecular weight is 426 g/mol. The van der Waals surface area contributed by atoms with Gasteiger partial charge in [-0.05, 0) is 12.1 Å². The molecule has 6 nitrogen and oxygen atoms in total. The number of anilines is 1. The molecule has 11 heteroatoms. The molecule has 0 spiro atoms. The molecule has 0 bridgehead atoms. The molecule has 1 unspecified atom stereocenters. The predicted octanol–water partition coefficient (Wildman–Crippen LogP) is 3.62. The van der Waals surface area contributed by atoms with Crippen molar-refractivity contribution in [3.63, 3.8) is 0 Å². The third-order valence-electron chi connectivity index (χ3n) is 4.24. The van der Waals surface area contributed by atoms with E-state index in [0.29, 0.717) is 17.4 Å². The number of hydrogen-bond donors (Lipinski definition) is 1. The number of thiazole rings is 1. The van der Waals surface area contributed by atoms with Gasteiger partial charge in [0.15, 0.2) is 23.6 Å². The highest BCUT2D eigenvalue weighted by molar-refractivity contribution is 7.18. The number of benzene rings is 2. The summed E-state index contributed by atoms with van der Waals surface area (Å²) in [5, 5.41) is 9.04. The first kappa shape index (κ1) is 19.1. The molecular formula is C18H10F4N2O4S. The minimum Gasteiger partial charge on any atom is -0.481 e. The molecule has 1 amide bonds. The first-order valence-corrected chi connectivity index (χ1v) is 8.98. The van der Waals surface area contributed by atoms with Gasteiger partial charge in [0.2, 0.25) is 0 Å². The molecule has 3 aromatic rings. The quantitative estimate of drug-likeness (QED) is 0.509. The Kier molecular flexibility index (Phi) is 4.61. The number of fused-ring (bicyclic) bond motifs is 2. The van der Waals surface area contributed by atoms with Gasteiger partial charge in [0.25, 0.3) is 5.91 Å². The number of carboxylic acid groups (broad SMARTS) is 1. The van der Waals surface area contributed by atoms with Crippen molar-refractivity contribution in [2.45, 2.75) is 19.1 Å². The van der Waals surface area contributed by atoms with Gasteiger partial charge in [0.1, 0.15) is 22.1 Å². The zero-order valence-corrected chi connectivity index (χ0v) is 15.1. The molecule has 0 saturated heterocycles. The van der Waals surface area contributed by atoms with E-state index < -0.39 is 53.2 Å². The molecule has 0 saturated carbocycles. The second-order valence-corrected chi connectivity index (χ2v) is 7.26. The minimum absolute atomic E-state index is 0.0167. The van der Waals surface area contributed by atoms with Crippen LogP contribution in [0.15, 0.2) is 24.3 Å². The van der Waals surface area contributed by atoms with Crippen LogP contribution in [0.2, 0.25) is 0 Å². The summed E-state index contributed by atoms with van der Waals surface area (Å²) in [6.45, 7) is -0.339. The standard InChI is InChI=1S/C18H10F4N2O4S/c19-7-1-2-11-10(3-7)24(18(27)12(28-11)5-14(25)26)6-13-23-16-9(21)4-8(20)15(22)17(16)29-13/h1-4,12H,5-6H2,(H,25,26). The zero-order chi connectivity index (χ0) is 20.9. The Morgan fingerprint density at radius 1 is 1.21 bits per heavy atom. The lowest BCUT2D eigenvalue weighted by Crippen LogP contribution is -2.46. The van der Waals surface area contributed by atoms with Crippen molar-refractivity contribution in [2.75, 3.05) is 4.90 Å². The van der Waals surface area contributed by atoms with Crippen LogP contribution < -0.4 is 9.64 Å². The van der Waals surface area contributed by atoms with Gasteiger partial charge in [-0.15, -0.1) is 11.3 Å². The van der Waals surface area contributed by atoms with E-state index in [1.807, 2.05) is 0 Å². The van der Waals surface area contributed by atoms with E-state index in [-0.39, 0.29) is 27.7 Å². The second kappa shape index (κ2) is 6.99. The van der Waals surface area contributed by atoms with Gasteiger partial charge >= 0.3 is 5.97 Å². The summed E-state index contributed by atoms with van der Waals surface area (Å²) in [6.07, 6.45) is -2.01. The number of aliphatic carboxylic acids is 1. The second-order valence-electron chi connectivity index (χ2n) is 6.18. The van der Waals surface area contributed by atoms with Gasteiger partial charge in [0.05, 0.1) is 23.4 Å². The van der Waals surface area contributed by atoms with Gasteiger partial charge in [-0.25, -0.2) is 22.5 Å². The Morgan fingerprint density at radius 3 is 2.69 bits per heavy atom. The summed E-state index contributed by atoms with van der Waals surface area (Å²) < 4.78 is 60.0. The molecule has 1 N–H and O–H groups in total. The highest BCUT2D eigenvalue weighted by Gasteiger charge is 2.36. The first-order chi connectivity index (χ1) is 13.7. The maximum absolute atomic E-state index is 14.0. The summed E-state index contributed by atoms with van der Waals surface area (Å²) in [4.78, 5) is 28.7. The topological polar surface area (TPSA) is 79.7 Å². The largest absolute Gasteiger partial charge is 0.481 e. The van der Waals surface area contributed by atoms with Gasteiger partial charge in [0, 0.05) is 12.1 Å². The highest BCUT2D eigenvalue weighted by Crippen LogP contribution is 2.37. The molecule has 0 radical (unpaired) electrons. The minimum atomic E-state index is -1.37. The van der Waals surface area contributed by atoms with Crippen LogP contribution in [0.5, 0.6) is 5.75 Å². The molecule has 29 heavy (non-hydrogen) atoms. The summed E-state index contributed by atoms with van der Waals surface area (Å²) >= 11 is 0.631. The van der Waals surface area contributed by atoms with Gasteiger partial charge in [-0.3, -0.25) is 14.5 Å². The van der Waals surface area contributed by atoms with Crippen LogP contribution in [0.3, 0.4) is 0 Å². The Balaban J connectivity index is 1.77. The summed E-state index contributed by atoms with van der Waals surface area (Å²) in [5.41, 5.74) is -0.380. The number of carbonyl (C=O) groups is 2. The van der Waals surface area contributed by atoms with Gasteiger partial charge in [-0.2, -0.15) is 0 Å². The molecule has 1 atom stereocenters. The van der Waals surface area contributed by atoms with E-state index in [4.69, 9.17) is 9.84 Å². The average Bonchev–Trinajstić information content (AvgIpc) is 3.08. The van der Waals surface area contributed by atoms with Crippen molar-refractivity contribution in [1.29, 1.82) is 0 Å². The number of halogens is 4. The summed E-state index contributed by atoms with van der Waals surface area (Å²) in [7, 11) is 0. The lowest BCUT2D eigenvalue weighted by Gasteiger charge is -2.33. The van der Waals surface area contributed by atoms with E-state index in [1.165, 1.54) is 6.07 Å². The van der Waals surface area contributed by atoms with Crippen molar-refractivity contribution in [3.05, 3.63) is 52.5 Å². The summed E-state index contributed by atoms with van der Waals surface area (Å²) in [6, 6.07) is 3.70. The number of ether oxygens (including phenoxy) is 1. The van der Waals surface area contributed by atoms with Gasteiger partial charge < -0.3 is 9.84 Å². The van der Waals surface area contributed by atoms with E-state index in [0.717, 1.165) is 17.0 Å². The van der Waals surface area contributed by atoms with Crippen LogP contribution in [0.4, 0.5) is 23.2 Å². The number of carboxylic acids is 1.